The van der Waals surface area contributed by atoms with E-state index >= 15 is 0 Å². The lowest BCUT2D eigenvalue weighted by atomic mass is 10.2. The molecule has 18 heavy (non-hydrogen) atoms. The van der Waals surface area contributed by atoms with Gasteiger partial charge in [-0.3, -0.25) is 0 Å². The minimum Gasteiger partial charge on any atom is -0.211 e. The number of sulfonamides is 1. The van der Waals surface area contributed by atoms with Crippen molar-refractivity contribution in [2.45, 2.75) is 37.5 Å². The maximum absolute atomic E-state index is 12.0. The smallest absolute Gasteiger partial charge is 0.211 e. The average Bonchev–Trinajstić information content (AvgIpc) is 2.33. The lowest BCUT2D eigenvalue weighted by Crippen LogP contribution is -2.24. The monoisotopic (exact) mass is 381 g/mol. The van der Waals surface area contributed by atoms with Crippen LogP contribution in [0.5, 0.6) is 0 Å². The predicted octanol–water partition coefficient (Wildman–Crippen LogP) is 3.27. The summed E-state index contributed by atoms with van der Waals surface area (Å²) >= 11 is 2.36. The van der Waals surface area contributed by atoms with E-state index < -0.39 is 10.0 Å². The van der Waals surface area contributed by atoms with Crippen molar-refractivity contribution in [1.82, 2.24) is 4.72 Å². The molecule has 0 radical (unpaired) electrons. The average molecular weight is 381 g/mol. The zero-order valence-corrected chi connectivity index (χ0v) is 13.6. The van der Waals surface area contributed by atoms with Crippen LogP contribution in [-0.4, -0.2) is 19.4 Å². The number of nitrogens with one attached hydrogen (secondary N) is 1. The number of rotatable bonds is 8. The fourth-order valence-electron chi connectivity index (χ4n) is 1.65. The molecule has 0 saturated heterocycles. The molecule has 0 spiro atoms. The molecule has 0 aliphatic carbocycles. The Labute approximate surface area is 124 Å². The van der Waals surface area contributed by atoms with Gasteiger partial charge in [-0.15, -0.1) is 0 Å². The lowest BCUT2D eigenvalue weighted by Gasteiger charge is -2.07. The van der Waals surface area contributed by atoms with E-state index in [1.165, 1.54) is 17.3 Å². The zero-order chi connectivity index (χ0) is 13.4. The molecular formula is C13H20INO2S. The maximum atomic E-state index is 12.0. The number of unbranched alkanes of at least 4 members (excludes halogenated alkanes) is 3. The topological polar surface area (TPSA) is 46.2 Å². The third kappa shape index (κ3) is 5.67. The van der Waals surface area contributed by atoms with E-state index in [4.69, 9.17) is 0 Å². The molecule has 3 nitrogen and oxygen atoms in total. The predicted molar refractivity (Wildman–Crippen MR) is 83.7 cm³/mol. The van der Waals surface area contributed by atoms with E-state index in [-0.39, 0.29) is 0 Å². The largest absolute Gasteiger partial charge is 0.240 e. The molecule has 0 aromatic heterocycles. The third-order valence-electron chi connectivity index (χ3n) is 2.65. The first-order chi connectivity index (χ1) is 8.56. The Kier molecular flexibility index (Phi) is 7.18. The molecule has 0 heterocycles. The summed E-state index contributed by atoms with van der Waals surface area (Å²) in [5.41, 5.74) is 0.958. The number of hydrogen-bond donors (Lipinski definition) is 1. The summed E-state index contributed by atoms with van der Waals surface area (Å²) in [6.45, 7) is 2.42. The van der Waals surface area contributed by atoms with Gasteiger partial charge in [0, 0.05) is 6.54 Å². The van der Waals surface area contributed by atoms with E-state index in [0.717, 1.165) is 18.4 Å². The molecule has 0 saturated carbocycles. The Morgan fingerprint density at radius 1 is 1.17 bits per heavy atom. The molecule has 5 heteroatoms. The van der Waals surface area contributed by atoms with Crippen molar-refractivity contribution in [3.63, 3.8) is 0 Å². The molecule has 0 atom stereocenters. The van der Waals surface area contributed by atoms with E-state index in [1.54, 1.807) is 18.2 Å². The quantitative estimate of drug-likeness (QED) is 0.427. The van der Waals surface area contributed by atoms with Crippen LogP contribution in [0.4, 0.5) is 0 Å². The second-order valence-electron chi connectivity index (χ2n) is 4.32. The first-order valence-corrected chi connectivity index (χ1v) is 9.19. The van der Waals surface area contributed by atoms with Crippen LogP contribution in [0.1, 0.15) is 31.2 Å². The van der Waals surface area contributed by atoms with Gasteiger partial charge in [0.05, 0.1) is 4.90 Å². The van der Waals surface area contributed by atoms with Crippen LogP contribution in [0, 0.1) is 6.92 Å². The Hall–Kier alpha value is -0.140. The van der Waals surface area contributed by atoms with Crippen molar-refractivity contribution in [2.75, 3.05) is 11.0 Å². The van der Waals surface area contributed by atoms with Gasteiger partial charge >= 0.3 is 0 Å². The highest BCUT2D eigenvalue weighted by Crippen LogP contribution is 2.10. The molecule has 0 unspecified atom stereocenters. The minimum absolute atomic E-state index is 0.356. The highest BCUT2D eigenvalue weighted by Gasteiger charge is 2.12. The highest BCUT2D eigenvalue weighted by atomic mass is 127. The third-order valence-corrected chi connectivity index (χ3v) is 4.87. The summed E-state index contributed by atoms with van der Waals surface area (Å²) < 4.78 is 27.7. The summed E-state index contributed by atoms with van der Waals surface area (Å²) in [5, 5.41) is 0. The molecule has 0 aliphatic rings. The maximum Gasteiger partial charge on any atom is 0.240 e. The molecule has 0 amide bonds. The van der Waals surface area contributed by atoms with Gasteiger partial charge in [0.25, 0.3) is 0 Å². The Morgan fingerprint density at radius 3 is 2.56 bits per heavy atom. The first kappa shape index (κ1) is 15.9. The number of halogens is 1. The van der Waals surface area contributed by atoms with E-state index in [1.807, 2.05) is 13.0 Å². The number of aryl methyl sites for hydroxylation is 1. The normalized spacial score (nSPS) is 11.7. The van der Waals surface area contributed by atoms with Gasteiger partial charge in [-0.25, -0.2) is 13.1 Å². The first-order valence-electron chi connectivity index (χ1n) is 6.18. The Morgan fingerprint density at radius 2 is 1.89 bits per heavy atom. The molecule has 1 aromatic rings. The van der Waals surface area contributed by atoms with Crippen molar-refractivity contribution in [2.24, 2.45) is 0 Å². The SMILES string of the molecule is Cc1cccc(S(=O)(=O)NCCCCCCI)c1. The van der Waals surface area contributed by atoms with Gasteiger partial charge in [-0.1, -0.05) is 47.6 Å². The van der Waals surface area contributed by atoms with Gasteiger partial charge < -0.3 is 0 Å². The standard InChI is InChI=1S/C13H20INO2S/c1-12-7-6-8-13(11-12)18(16,17)15-10-5-3-2-4-9-14/h6-8,11,15H,2-5,9-10H2,1H3. The van der Waals surface area contributed by atoms with Crippen molar-refractivity contribution in [1.29, 1.82) is 0 Å². The van der Waals surface area contributed by atoms with Crippen LogP contribution in [-0.2, 0) is 10.0 Å². The molecule has 102 valence electrons. The highest BCUT2D eigenvalue weighted by molar-refractivity contribution is 14.1. The van der Waals surface area contributed by atoms with Gasteiger partial charge in [0.2, 0.25) is 10.0 Å². The van der Waals surface area contributed by atoms with Crippen LogP contribution >= 0.6 is 22.6 Å². The number of hydrogen-bond acceptors (Lipinski definition) is 2. The van der Waals surface area contributed by atoms with Crippen LogP contribution in [0.2, 0.25) is 0 Å². The van der Waals surface area contributed by atoms with Crippen LogP contribution in [0.3, 0.4) is 0 Å². The Bertz CT molecular complexity index is 460. The number of benzene rings is 1. The molecule has 0 fully saturated rings. The van der Waals surface area contributed by atoms with E-state index in [9.17, 15) is 8.42 Å². The number of alkyl halides is 1. The van der Waals surface area contributed by atoms with Gasteiger partial charge in [-0.05, 0) is 41.9 Å². The molecule has 1 aromatic carbocycles. The summed E-state index contributed by atoms with van der Waals surface area (Å²) in [7, 11) is -3.33. The lowest BCUT2D eigenvalue weighted by molar-refractivity contribution is 0.574. The second-order valence-corrected chi connectivity index (χ2v) is 7.16. The van der Waals surface area contributed by atoms with Crippen LogP contribution in [0.25, 0.3) is 0 Å². The second kappa shape index (κ2) is 8.12. The summed E-state index contributed by atoms with van der Waals surface area (Å²) in [5.74, 6) is 0. The van der Waals surface area contributed by atoms with E-state index in [2.05, 4.69) is 27.3 Å². The molecular weight excluding hydrogens is 361 g/mol. The van der Waals surface area contributed by atoms with Gasteiger partial charge in [-0.2, -0.15) is 0 Å². The minimum atomic E-state index is -3.33. The fourth-order valence-corrected chi connectivity index (χ4v) is 3.36. The molecule has 1 N–H and O–H groups in total. The Balaban J connectivity index is 2.41. The van der Waals surface area contributed by atoms with Crippen molar-refractivity contribution in [3.8, 4) is 0 Å². The van der Waals surface area contributed by atoms with Crippen molar-refractivity contribution < 1.29 is 8.42 Å². The molecule has 0 bridgehead atoms. The van der Waals surface area contributed by atoms with E-state index in [0.29, 0.717) is 11.4 Å². The van der Waals surface area contributed by atoms with Crippen LogP contribution < -0.4 is 4.72 Å². The van der Waals surface area contributed by atoms with Gasteiger partial charge in [0.15, 0.2) is 0 Å². The van der Waals surface area contributed by atoms with Gasteiger partial charge in [0.1, 0.15) is 0 Å². The van der Waals surface area contributed by atoms with Crippen LogP contribution in [0.15, 0.2) is 29.2 Å². The summed E-state index contributed by atoms with van der Waals surface area (Å²) in [4.78, 5) is 0.356. The summed E-state index contributed by atoms with van der Waals surface area (Å²) in [6, 6.07) is 6.98. The molecule has 0 aliphatic heterocycles. The summed E-state index contributed by atoms with van der Waals surface area (Å²) in [6.07, 6.45) is 4.38. The van der Waals surface area contributed by atoms with Crippen molar-refractivity contribution >= 4 is 32.6 Å². The molecule has 1 rings (SSSR count). The fraction of sp³-hybridized carbons (Fsp3) is 0.538. The zero-order valence-electron chi connectivity index (χ0n) is 10.7. The van der Waals surface area contributed by atoms with Crippen molar-refractivity contribution in [3.05, 3.63) is 29.8 Å².